The first-order valence-corrected chi connectivity index (χ1v) is 6.04. The maximum absolute atomic E-state index is 10.9. The molecule has 0 amide bonds. The molecule has 2 aromatic rings. The zero-order valence-electron chi connectivity index (χ0n) is 9.32. The van der Waals surface area contributed by atoms with Crippen molar-refractivity contribution in [2.24, 2.45) is 0 Å². The van der Waals surface area contributed by atoms with Crippen molar-refractivity contribution in [2.75, 3.05) is 0 Å². The van der Waals surface area contributed by atoms with Gasteiger partial charge in [-0.1, -0.05) is 0 Å². The summed E-state index contributed by atoms with van der Waals surface area (Å²) in [5.74, 6) is 1.88. The van der Waals surface area contributed by atoms with Gasteiger partial charge in [-0.25, -0.2) is 4.98 Å². The number of nitrogens with zero attached hydrogens (tertiary/aromatic N) is 1. The highest BCUT2D eigenvalue weighted by Crippen LogP contribution is 2.24. The van der Waals surface area contributed by atoms with Crippen molar-refractivity contribution < 1.29 is 9.21 Å². The van der Waals surface area contributed by atoms with Crippen LogP contribution < -0.4 is 0 Å². The third-order valence-corrected chi connectivity index (χ3v) is 3.14. The Morgan fingerprint density at radius 2 is 2.31 bits per heavy atom. The quantitative estimate of drug-likeness (QED) is 0.817. The highest BCUT2D eigenvalue weighted by atomic mass is 32.1. The van der Waals surface area contributed by atoms with E-state index < -0.39 is 0 Å². The van der Waals surface area contributed by atoms with Gasteiger partial charge in [0.2, 0.25) is 0 Å². The molecule has 0 aliphatic heterocycles. The molecule has 3 nitrogen and oxygen atoms in total. The second-order valence-corrected chi connectivity index (χ2v) is 4.68. The number of ketones is 1. The number of Topliss-reactive ketones (excluding diaryl/α,β-unsaturated/α-hetero) is 1. The second kappa shape index (κ2) is 4.61. The van der Waals surface area contributed by atoms with E-state index in [9.17, 15) is 4.79 Å². The van der Waals surface area contributed by atoms with Crippen LogP contribution in [0.4, 0.5) is 0 Å². The summed E-state index contributed by atoms with van der Waals surface area (Å²) >= 11 is 1.57. The lowest BCUT2D eigenvalue weighted by Crippen LogP contribution is -1.93. The molecule has 4 heteroatoms. The number of hydrogen-bond donors (Lipinski definition) is 0. The Morgan fingerprint density at radius 1 is 1.50 bits per heavy atom. The molecule has 0 aliphatic carbocycles. The monoisotopic (exact) mass is 235 g/mol. The van der Waals surface area contributed by atoms with Crippen LogP contribution in [0.5, 0.6) is 0 Å². The smallest absolute Gasteiger partial charge is 0.153 e. The minimum absolute atomic E-state index is 0.200. The van der Waals surface area contributed by atoms with Crippen molar-refractivity contribution in [1.82, 2.24) is 4.98 Å². The van der Waals surface area contributed by atoms with Crippen LogP contribution in [0, 0.1) is 6.92 Å². The summed E-state index contributed by atoms with van der Waals surface area (Å²) in [7, 11) is 0. The predicted octanol–water partition coefficient (Wildman–Crippen LogP) is 3.23. The summed E-state index contributed by atoms with van der Waals surface area (Å²) in [6.45, 7) is 3.51. The van der Waals surface area contributed by atoms with E-state index >= 15 is 0 Å². The molecule has 0 atom stereocenters. The van der Waals surface area contributed by atoms with Gasteiger partial charge in [0.15, 0.2) is 5.76 Å². The molecule has 0 unspecified atom stereocenters. The Hall–Kier alpha value is -1.42. The van der Waals surface area contributed by atoms with Gasteiger partial charge >= 0.3 is 0 Å². The number of carbonyl (C=O) groups excluding carboxylic acids is 1. The molecule has 2 heterocycles. The number of aryl methyl sites for hydroxylation is 2. The van der Waals surface area contributed by atoms with Crippen LogP contribution >= 0.6 is 11.3 Å². The van der Waals surface area contributed by atoms with E-state index in [1.807, 2.05) is 24.4 Å². The van der Waals surface area contributed by atoms with Crippen molar-refractivity contribution in [2.45, 2.75) is 26.7 Å². The fourth-order valence-electron chi connectivity index (χ4n) is 1.39. The molecule has 84 valence electrons. The van der Waals surface area contributed by atoms with Gasteiger partial charge in [-0.2, -0.15) is 0 Å². The van der Waals surface area contributed by atoms with E-state index in [2.05, 4.69) is 4.98 Å². The first-order valence-electron chi connectivity index (χ1n) is 5.16. The van der Waals surface area contributed by atoms with Crippen LogP contribution in [0.25, 0.3) is 11.5 Å². The minimum Gasteiger partial charge on any atom is -0.460 e. The van der Waals surface area contributed by atoms with E-state index in [0.29, 0.717) is 6.42 Å². The average Bonchev–Trinajstić information content (AvgIpc) is 2.83. The summed E-state index contributed by atoms with van der Waals surface area (Å²) in [6, 6.07) is 3.84. The van der Waals surface area contributed by atoms with E-state index in [-0.39, 0.29) is 5.78 Å². The molecule has 0 fully saturated rings. The lowest BCUT2D eigenvalue weighted by Gasteiger charge is -1.91. The fourth-order valence-corrected chi connectivity index (χ4v) is 2.18. The first kappa shape index (κ1) is 11.1. The van der Waals surface area contributed by atoms with Crippen LogP contribution in [-0.2, 0) is 11.2 Å². The van der Waals surface area contributed by atoms with Crippen molar-refractivity contribution >= 4 is 17.1 Å². The Balaban J connectivity index is 2.10. The van der Waals surface area contributed by atoms with Gasteiger partial charge in [0.05, 0.1) is 5.01 Å². The van der Waals surface area contributed by atoms with Gasteiger partial charge in [-0.15, -0.1) is 11.3 Å². The number of aromatic nitrogens is 1. The van der Waals surface area contributed by atoms with E-state index in [1.165, 1.54) is 0 Å². The second-order valence-electron chi connectivity index (χ2n) is 3.74. The standard InChI is InChI=1S/C12H13NO2S/c1-8(14)3-6-12-13-10(7-16-12)11-5-4-9(2)15-11/h4-5,7H,3,6H2,1-2H3. The number of furan rings is 1. The molecular weight excluding hydrogens is 222 g/mol. The maximum Gasteiger partial charge on any atom is 0.153 e. The van der Waals surface area contributed by atoms with Gasteiger partial charge in [-0.3, -0.25) is 0 Å². The molecule has 2 rings (SSSR count). The summed E-state index contributed by atoms with van der Waals surface area (Å²) in [4.78, 5) is 15.3. The largest absolute Gasteiger partial charge is 0.460 e. The molecule has 2 aromatic heterocycles. The topological polar surface area (TPSA) is 43.1 Å². The summed E-state index contributed by atoms with van der Waals surface area (Å²) in [6.07, 6.45) is 1.28. The molecule has 0 aliphatic rings. The third-order valence-electron chi connectivity index (χ3n) is 2.24. The number of carbonyl (C=O) groups is 1. The number of thiazole rings is 1. The lowest BCUT2D eigenvalue weighted by molar-refractivity contribution is -0.116. The normalized spacial score (nSPS) is 10.6. The third kappa shape index (κ3) is 2.58. The molecule has 16 heavy (non-hydrogen) atoms. The zero-order valence-corrected chi connectivity index (χ0v) is 10.1. The lowest BCUT2D eigenvalue weighted by atomic mass is 10.2. The summed E-state index contributed by atoms with van der Waals surface area (Å²) in [5, 5.41) is 2.95. The van der Waals surface area contributed by atoms with E-state index in [0.717, 1.165) is 28.6 Å². The molecule has 0 spiro atoms. The molecule has 0 bridgehead atoms. The number of hydrogen-bond acceptors (Lipinski definition) is 4. The first-order chi connectivity index (χ1) is 7.65. The van der Waals surface area contributed by atoms with E-state index in [4.69, 9.17) is 4.42 Å². The Bertz CT molecular complexity index is 499. The van der Waals surface area contributed by atoms with Crippen molar-refractivity contribution in [3.05, 3.63) is 28.3 Å². The van der Waals surface area contributed by atoms with Crippen LogP contribution in [0.1, 0.15) is 24.1 Å². The summed E-state index contributed by atoms with van der Waals surface area (Å²) < 4.78 is 5.49. The predicted molar refractivity (Wildman–Crippen MR) is 63.6 cm³/mol. The van der Waals surface area contributed by atoms with Gasteiger partial charge in [0.25, 0.3) is 0 Å². The molecule has 0 saturated carbocycles. The molecule has 0 saturated heterocycles. The minimum atomic E-state index is 0.200. The molecule has 0 aromatic carbocycles. The molecule has 0 N–H and O–H groups in total. The molecule has 0 radical (unpaired) electrons. The van der Waals surface area contributed by atoms with Gasteiger partial charge in [-0.05, 0) is 26.0 Å². The van der Waals surface area contributed by atoms with Gasteiger partial charge in [0, 0.05) is 18.2 Å². The zero-order chi connectivity index (χ0) is 11.5. The number of rotatable bonds is 4. The van der Waals surface area contributed by atoms with Crippen LogP contribution in [0.15, 0.2) is 21.9 Å². The van der Waals surface area contributed by atoms with E-state index in [1.54, 1.807) is 18.3 Å². The van der Waals surface area contributed by atoms with Gasteiger partial charge < -0.3 is 9.21 Å². The van der Waals surface area contributed by atoms with Crippen molar-refractivity contribution in [3.63, 3.8) is 0 Å². The van der Waals surface area contributed by atoms with Crippen LogP contribution in [0.2, 0.25) is 0 Å². The highest BCUT2D eigenvalue weighted by Gasteiger charge is 2.08. The van der Waals surface area contributed by atoms with Gasteiger partial charge in [0.1, 0.15) is 17.2 Å². The van der Waals surface area contributed by atoms with Crippen molar-refractivity contribution in [1.29, 1.82) is 0 Å². The van der Waals surface area contributed by atoms with Crippen LogP contribution in [-0.4, -0.2) is 10.8 Å². The van der Waals surface area contributed by atoms with Crippen molar-refractivity contribution in [3.8, 4) is 11.5 Å². The Morgan fingerprint density at radius 3 is 2.94 bits per heavy atom. The maximum atomic E-state index is 10.9. The Labute approximate surface area is 98.1 Å². The average molecular weight is 235 g/mol. The fraction of sp³-hybridized carbons (Fsp3) is 0.333. The SMILES string of the molecule is CC(=O)CCc1nc(-c2ccc(C)o2)cs1. The summed E-state index contributed by atoms with van der Waals surface area (Å²) in [5.41, 5.74) is 0.858. The highest BCUT2D eigenvalue weighted by molar-refractivity contribution is 7.09. The Kier molecular flexibility index (Phi) is 3.19. The van der Waals surface area contributed by atoms with Crippen LogP contribution in [0.3, 0.4) is 0 Å². The molecular formula is C12H13NO2S.